The van der Waals surface area contributed by atoms with Gasteiger partial charge < -0.3 is 9.84 Å². The summed E-state index contributed by atoms with van der Waals surface area (Å²) in [7, 11) is 1.62. The topological polar surface area (TPSA) is 29.5 Å². The van der Waals surface area contributed by atoms with Gasteiger partial charge in [-0.25, -0.2) is 0 Å². The van der Waals surface area contributed by atoms with Gasteiger partial charge in [0.1, 0.15) is 0 Å². The largest absolute Gasteiger partial charge is 0.504 e. The highest BCUT2D eigenvalue weighted by Crippen LogP contribution is 2.46. The molecule has 1 N–H and O–H groups in total. The molecule has 0 radical (unpaired) electrons. The molecule has 2 aliphatic rings. The molecule has 0 spiro atoms. The molecule has 0 bridgehead atoms. The second kappa shape index (κ2) is 6.07. The van der Waals surface area contributed by atoms with Crippen molar-refractivity contribution in [3.05, 3.63) is 23.8 Å². The summed E-state index contributed by atoms with van der Waals surface area (Å²) < 4.78 is 5.23. The summed E-state index contributed by atoms with van der Waals surface area (Å²) in [5.41, 5.74) is 1.07. The molecule has 0 saturated heterocycles. The molecule has 0 amide bonds. The third kappa shape index (κ3) is 2.65. The molecule has 110 valence electrons. The molecule has 0 heterocycles. The van der Waals surface area contributed by atoms with Crippen LogP contribution in [0.5, 0.6) is 11.5 Å². The molecule has 1 aromatic carbocycles. The van der Waals surface area contributed by atoms with Gasteiger partial charge in [-0.15, -0.1) is 0 Å². The molecular weight excluding hydrogens is 248 g/mol. The van der Waals surface area contributed by atoms with E-state index in [-0.39, 0.29) is 0 Å². The Labute approximate surface area is 122 Å². The summed E-state index contributed by atoms with van der Waals surface area (Å²) in [6.45, 7) is 0. The van der Waals surface area contributed by atoms with Gasteiger partial charge in [-0.3, -0.25) is 0 Å². The van der Waals surface area contributed by atoms with Crippen LogP contribution in [-0.2, 0) is 6.42 Å². The number of hydrogen-bond acceptors (Lipinski definition) is 2. The average molecular weight is 274 g/mol. The predicted octanol–water partition coefficient (Wildman–Crippen LogP) is 4.55. The van der Waals surface area contributed by atoms with Gasteiger partial charge >= 0.3 is 0 Å². The van der Waals surface area contributed by atoms with E-state index in [1.807, 2.05) is 12.1 Å². The molecule has 1 aromatic rings. The van der Waals surface area contributed by atoms with Crippen molar-refractivity contribution < 1.29 is 9.84 Å². The van der Waals surface area contributed by atoms with Gasteiger partial charge in [0.15, 0.2) is 11.5 Å². The van der Waals surface area contributed by atoms with Gasteiger partial charge in [0.25, 0.3) is 0 Å². The van der Waals surface area contributed by atoms with Crippen molar-refractivity contribution in [2.75, 3.05) is 7.11 Å². The van der Waals surface area contributed by atoms with Gasteiger partial charge in [-0.1, -0.05) is 44.2 Å². The molecule has 2 nitrogen and oxygen atoms in total. The second-order valence-corrected chi connectivity index (χ2v) is 6.57. The summed E-state index contributed by atoms with van der Waals surface area (Å²) in [5.74, 6) is 3.57. The Hall–Kier alpha value is -1.18. The summed E-state index contributed by atoms with van der Waals surface area (Å²) >= 11 is 0. The first-order valence-corrected chi connectivity index (χ1v) is 8.14. The lowest BCUT2D eigenvalue weighted by molar-refractivity contribution is 0.103. The molecule has 2 heteroatoms. The minimum Gasteiger partial charge on any atom is -0.504 e. The van der Waals surface area contributed by atoms with Gasteiger partial charge in [-0.2, -0.15) is 0 Å². The van der Waals surface area contributed by atoms with Crippen LogP contribution in [0.4, 0.5) is 0 Å². The van der Waals surface area contributed by atoms with Crippen LogP contribution in [0, 0.1) is 17.8 Å². The normalized spacial score (nSPS) is 29.8. The van der Waals surface area contributed by atoms with Crippen LogP contribution < -0.4 is 4.74 Å². The van der Waals surface area contributed by atoms with E-state index >= 15 is 0 Å². The number of methoxy groups -OCH3 is 1. The van der Waals surface area contributed by atoms with E-state index in [4.69, 9.17) is 4.74 Å². The second-order valence-electron chi connectivity index (χ2n) is 6.57. The fraction of sp³-hybridized carbons (Fsp3) is 0.667. The van der Waals surface area contributed by atoms with Crippen LogP contribution in [-0.4, -0.2) is 12.2 Å². The maximum Gasteiger partial charge on any atom is 0.160 e. The fourth-order valence-corrected chi connectivity index (χ4v) is 4.50. The molecule has 2 saturated carbocycles. The summed E-state index contributed by atoms with van der Waals surface area (Å²) in [4.78, 5) is 0. The van der Waals surface area contributed by atoms with E-state index < -0.39 is 0 Å². The lowest BCUT2D eigenvalue weighted by Crippen LogP contribution is -2.32. The third-order valence-electron chi connectivity index (χ3n) is 5.51. The molecule has 2 fully saturated rings. The van der Waals surface area contributed by atoms with Crippen molar-refractivity contribution in [1.82, 2.24) is 0 Å². The first-order chi connectivity index (χ1) is 9.79. The van der Waals surface area contributed by atoms with Gasteiger partial charge in [0.05, 0.1) is 7.11 Å². The minimum atomic E-state index is 0.355. The zero-order chi connectivity index (χ0) is 13.9. The first kappa shape index (κ1) is 13.8. The number of rotatable bonds is 3. The first-order valence-electron chi connectivity index (χ1n) is 8.14. The zero-order valence-electron chi connectivity index (χ0n) is 12.5. The number of phenols is 1. The molecule has 20 heavy (non-hydrogen) atoms. The van der Waals surface area contributed by atoms with Crippen LogP contribution in [0.25, 0.3) is 0 Å². The van der Waals surface area contributed by atoms with E-state index in [2.05, 4.69) is 6.07 Å². The number of benzene rings is 1. The maximum absolute atomic E-state index is 10.3. The number of para-hydroxylation sites is 1. The van der Waals surface area contributed by atoms with Gasteiger partial charge in [-0.05, 0) is 48.6 Å². The summed E-state index contributed by atoms with van der Waals surface area (Å²) in [6, 6.07) is 5.89. The number of hydrogen-bond donors (Lipinski definition) is 1. The summed E-state index contributed by atoms with van der Waals surface area (Å²) in [6.07, 6.45) is 10.8. The van der Waals surface area contributed by atoms with Crippen LogP contribution in [0.3, 0.4) is 0 Å². The quantitative estimate of drug-likeness (QED) is 0.876. The fourth-order valence-electron chi connectivity index (χ4n) is 4.50. The SMILES string of the molecule is COc1cccc(CC2CCCC3CCCCC32)c1O. The Kier molecular flexibility index (Phi) is 4.18. The van der Waals surface area contributed by atoms with Gasteiger partial charge in [0.2, 0.25) is 0 Å². The number of fused-ring (bicyclic) bond motifs is 1. The molecule has 2 aliphatic carbocycles. The Morgan fingerprint density at radius 2 is 1.90 bits per heavy atom. The lowest BCUT2D eigenvalue weighted by atomic mass is 9.64. The molecule has 3 atom stereocenters. The van der Waals surface area contributed by atoms with Gasteiger partial charge in [0, 0.05) is 0 Å². The highest BCUT2D eigenvalue weighted by atomic mass is 16.5. The minimum absolute atomic E-state index is 0.355. The standard InChI is InChI=1S/C18H26O2/c1-20-17-11-5-9-15(18(17)19)12-14-8-4-7-13-6-2-3-10-16(13)14/h5,9,11,13-14,16,19H,2-4,6-8,10,12H2,1H3. The number of phenolic OH excluding ortho intramolecular Hbond substituents is 1. The maximum atomic E-state index is 10.3. The van der Waals surface area contributed by atoms with E-state index in [1.54, 1.807) is 7.11 Å². The number of aromatic hydroxyl groups is 1. The Morgan fingerprint density at radius 3 is 2.75 bits per heavy atom. The molecule has 3 unspecified atom stereocenters. The van der Waals surface area contributed by atoms with Crippen molar-refractivity contribution in [3.8, 4) is 11.5 Å². The number of ether oxygens (including phenoxy) is 1. The van der Waals surface area contributed by atoms with Crippen molar-refractivity contribution in [1.29, 1.82) is 0 Å². The zero-order valence-corrected chi connectivity index (χ0v) is 12.5. The monoisotopic (exact) mass is 274 g/mol. The van der Waals surface area contributed by atoms with E-state index in [9.17, 15) is 5.11 Å². The van der Waals surface area contributed by atoms with Crippen LogP contribution in [0.15, 0.2) is 18.2 Å². The van der Waals surface area contributed by atoms with Crippen LogP contribution in [0.1, 0.15) is 50.5 Å². The smallest absolute Gasteiger partial charge is 0.160 e. The predicted molar refractivity (Wildman–Crippen MR) is 81.2 cm³/mol. The highest BCUT2D eigenvalue weighted by Gasteiger charge is 2.35. The molecule has 0 aliphatic heterocycles. The Balaban J connectivity index is 1.76. The third-order valence-corrected chi connectivity index (χ3v) is 5.51. The van der Waals surface area contributed by atoms with Crippen molar-refractivity contribution in [2.45, 2.75) is 51.4 Å². The van der Waals surface area contributed by atoms with Crippen LogP contribution >= 0.6 is 0 Å². The molecule has 0 aromatic heterocycles. The average Bonchev–Trinajstić information content (AvgIpc) is 2.50. The molecule has 3 rings (SSSR count). The Bertz CT molecular complexity index is 453. The van der Waals surface area contributed by atoms with Crippen molar-refractivity contribution in [2.24, 2.45) is 17.8 Å². The van der Waals surface area contributed by atoms with E-state index in [0.717, 1.165) is 29.7 Å². The highest BCUT2D eigenvalue weighted by molar-refractivity contribution is 5.45. The molecular formula is C18H26O2. The lowest BCUT2D eigenvalue weighted by Gasteiger charge is -2.41. The van der Waals surface area contributed by atoms with Crippen LogP contribution in [0.2, 0.25) is 0 Å². The van der Waals surface area contributed by atoms with E-state index in [1.165, 1.54) is 44.9 Å². The Morgan fingerprint density at radius 1 is 1.10 bits per heavy atom. The van der Waals surface area contributed by atoms with Crippen molar-refractivity contribution in [3.63, 3.8) is 0 Å². The summed E-state index contributed by atoms with van der Waals surface area (Å²) in [5, 5.41) is 10.3. The van der Waals surface area contributed by atoms with E-state index in [0.29, 0.717) is 11.5 Å². The van der Waals surface area contributed by atoms with Crippen molar-refractivity contribution >= 4 is 0 Å².